The Labute approximate surface area is 79.8 Å². The van der Waals surface area contributed by atoms with Crippen LogP contribution in [0.3, 0.4) is 0 Å². The Morgan fingerprint density at radius 2 is 2.00 bits per heavy atom. The van der Waals surface area contributed by atoms with E-state index in [-0.39, 0.29) is 0 Å². The minimum Gasteiger partial charge on any atom is -0.387 e. The summed E-state index contributed by atoms with van der Waals surface area (Å²) in [5, 5.41) is 5.87. The lowest BCUT2D eigenvalue weighted by Gasteiger charge is -2.03. The van der Waals surface area contributed by atoms with Gasteiger partial charge in [-0.3, -0.25) is 0 Å². The fourth-order valence-electron chi connectivity index (χ4n) is 1.44. The monoisotopic (exact) mass is 175 g/mol. The van der Waals surface area contributed by atoms with Crippen molar-refractivity contribution >= 4 is 12.3 Å². The van der Waals surface area contributed by atoms with E-state index in [9.17, 15) is 0 Å². The fraction of sp³-hybridized carbons (Fsp3) is 0.333. The molecule has 0 fully saturated rings. The van der Waals surface area contributed by atoms with E-state index >= 15 is 0 Å². The molecule has 13 heavy (non-hydrogen) atoms. The van der Waals surface area contributed by atoms with Crippen LogP contribution in [0, 0.1) is 6.92 Å². The molecule has 1 heteroatoms. The van der Waals surface area contributed by atoms with Crippen LogP contribution in [0.1, 0.15) is 19.4 Å². The molecule has 1 aliphatic rings. The fourth-order valence-corrected chi connectivity index (χ4v) is 1.44. The van der Waals surface area contributed by atoms with Gasteiger partial charge in [0.2, 0.25) is 0 Å². The van der Waals surface area contributed by atoms with Crippen LogP contribution in [-0.4, -0.2) is 6.54 Å². The summed E-state index contributed by atoms with van der Waals surface area (Å²) in [5.41, 5.74) is 1.36. The first kappa shape index (κ1) is 9.85. The third-order valence-corrected chi connectivity index (χ3v) is 2.04. The summed E-state index contributed by atoms with van der Waals surface area (Å²) < 4.78 is 0. The molecule has 0 saturated carbocycles. The second-order valence-corrected chi connectivity index (χ2v) is 2.83. The predicted molar refractivity (Wildman–Crippen MR) is 58.7 cm³/mol. The molecule has 2 rings (SSSR count). The van der Waals surface area contributed by atoms with Gasteiger partial charge in [-0.1, -0.05) is 38.1 Å². The molecular weight excluding hydrogens is 158 g/mol. The summed E-state index contributed by atoms with van der Waals surface area (Å²) in [5.74, 6) is 0. The van der Waals surface area contributed by atoms with E-state index in [0.717, 1.165) is 6.54 Å². The number of aryl methyl sites for hydroxylation is 1. The predicted octanol–water partition coefficient (Wildman–Crippen LogP) is 1.14. The first-order valence-electron chi connectivity index (χ1n) is 4.87. The van der Waals surface area contributed by atoms with Gasteiger partial charge < -0.3 is 5.32 Å². The van der Waals surface area contributed by atoms with E-state index in [4.69, 9.17) is 0 Å². The molecular formula is C12H17N. The Morgan fingerprint density at radius 3 is 2.69 bits per heavy atom. The molecule has 0 aromatic heterocycles. The Balaban J connectivity index is 0.000000396. The van der Waals surface area contributed by atoms with Gasteiger partial charge in [-0.15, -0.1) is 0 Å². The van der Waals surface area contributed by atoms with Gasteiger partial charge in [-0.25, -0.2) is 0 Å². The molecule has 1 aliphatic heterocycles. The molecule has 0 atom stereocenters. The minimum atomic E-state index is 0.956. The van der Waals surface area contributed by atoms with Crippen molar-refractivity contribution in [3.05, 3.63) is 34.2 Å². The molecule has 70 valence electrons. The summed E-state index contributed by atoms with van der Waals surface area (Å²) in [6.07, 6.45) is 4.30. The van der Waals surface area contributed by atoms with Gasteiger partial charge >= 0.3 is 0 Å². The Kier molecular flexibility index (Phi) is 3.56. The standard InChI is InChI=1S/C10H11N.C2H6/c1-8-3-2-4-9-7-11-6-5-10(8)9;1-2/h2-5,7,11H,6H2,1H3;1-2H3. The van der Waals surface area contributed by atoms with Gasteiger partial charge in [0.1, 0.15) is 0 Å². The highest BCUT2D eigenvalue weighted by Crippen LogP contribution is 1.85. The van der Waals surface area contributed by atoms with Crippen LogP contribution in [0.25, 0.3) is 12.3 Å². The molecule has 1 nitrogen and oxygen atoms in total. The quantitative estimate of drug-likeness (QED) is 0.623. The largest absolute Gasteiger partial charge is 0.387 e. The normalized spacial score (nSPS) is 12.2. The first-order chi connectivity index (χ1) is 6.38. The zero-order chi connectivity index (χ0) is 9.68. The van der Waals surface area contributed by atoms with Crippen LogP contribution >= 0.6 is 0 Å². The molecule has 0 radical (unpaired) electrons. The first-order valence-corrected chi connectivity index (χ1v) is 4.87. The van der Waals surface area contributed by atoms with Gasteiger partial charge in [-0.05, 0) is 22.9 Å². The second-order valence-electron chi connectivity index (χ2n) is 2.83. The van der Waals surface area contributed by atoms with E-state index in [1.54, 1.807) is 0 Å². The van der Waals surface area contributed by atoms with Gasteiger partial charge in [0.15, 0.2) is 0 Å². The lowest BCUT2D eigenvalue weighted by Crippen LogP contribution is -2.34. The summed E-state index contributed by atoms with van der Waals surface area (Å²) >= 11 is 0. The van der Waals surface area contributed by atoms with Crippen molar-refractivity contribution in [2.24, 2.45) is 0 Å². The van der Waals surface area contributed by atoms with E-state index in [2.05, 4.69) is 42.7 Å². The maximum Gasteiger partial charge on any atom is 0.0334 e. The molecule has 1 aromatic carbocycles. The Bertz CT molecular complexity index is 377. The van der Waals surface area contributed by atoms with Crippen LogP contribution in [0.15, 0.2) is 18.2 Å². The van der Waals surface area contributed by atoms with Crippen molar-refractivity contribution in [1.29, 1.82) is 0 Å². The van der Waals surface area contributed by atoms with E-state index < -0.39 is 0 Å². The van der Waals surface area contributed by atoms with E-state index in [1.807, 2.05) is 13.8 Å². The molecule has 0 bridgehead atoms. The van der Waals surface area contributed by atoms with Gasteiger partial charge in [-0.2, -0.15) is 0 Å². The highest BCUT2D eigenvalue weighted by atomic mass is 14.8. The number of nitrogens with one attached hydrogen (secondary N) is 1. The number of hydrogen-bond donors (Lipinski definition) is 1. The number of rotatable bonds is 0. The third-order valence-electron chi connectivity index (χ3n) is 2.04. The van der Waals surface area contributed by atoms with Crippen LogP contribution < -0.4 is 15.8 Å². The molecule has 0 aliphatic carbocycles. The highest BCUT2D eigenvalue weighted by Gasteiger charge is 1.92. The van der Waals surface area contributed by atoms with Crippen molar-refractivity contribution in [3.63, 3.8) is 0 Å². The minimum absolute atomic E-state index is 0.956. The summed E-state index contributed by atoms with van der Waals surface area (Å²) in [4.78, 5) is 0. The van der Waals surface area contributed by atoms with Crippen molar-refractivity contribution in [3.8, 4) is 0 Å². The van der Waals surface area contributed by atoms with Crippen LogP contribution in [0.4, 0.5) is 0 Å². The average molecular weight is 175 g/mol. The Hall–Kier alpha value is -1.24. The molecule has 0 amide bonds. The van der Waals surface area contributed by atoms with Gasteiger partial charge in [0.05, 0.1) is 0 Å². The zero-order valence-corrected chi connectivity index (χ0v) is 8.59. The van der Waals surface area contributed by atoms with Crippen molar-refractivity contribution in [2.75, 3.05) is 6.54 Å². The maximum atomic E-state index is 3.19. The second kappa shape index (κ2) is 4.70. The van der Waals surface area contributed by atoms with Crippen LogP contribution in [-0.2, 0) is 0 Å². The van der Waals surface area contributed by atoms with Gasteiger partial charge in [0.25, 0.3) is 0 Å². The number of hydrogen-bond acceptors (Lipinski definition) is 1. The number of fused-ring (bicyclic) bond motifs is 1. The highest BCUT2D eigenvalue weighted by molar-refractivity contribution is 5.40. The van der Waals surface area contributed by atoms with Gasteiger partial charge in [0, 0.05) is 12.7 Å². The van der Waals surface area contributed by atoms with E-state index in [0.29, 0.717) is 0 Å². The van der Waals surface area contributed by atoms with Crippen molar-refractivity contribution < 1.29 is 0 Å². The zero-order valence-electron chi connectivity index (χ0n) is 8.59. The van der Waals surface area contributed by atoms with E-state index in [1.165, 1.54) is 16.0 Å². The lowest BCUT2D eigenvalue weighted by atomic mass is 10.1. The van der Waals surface area contributed by atoms with Crippen molar-refractivity contribution in [1.82, 2.24) is 5.32 Å². The van der Waals surface area contributed by atoms with Crippen LogP contribution in [0.5, 0.6) is 0 Å². The third kappa shape index (κ3) is 2.11. The maximum absolute atomic E-state index is 3.19. The smallest absolute Gasteiger partial charge is 0.0334 e. The molecule has 1 N–H and O–H groups in total. The molecule has 0 spiro atoms. The SMILES string of the molecule is CC.Cc1cccc2c1=CCNC=2. The topological polar surface area (TPSA) is 12.0 Å². The summed E-state index contributed by atoms with van der Waals surface area (Å²) in [6, 6.07) is 6.37. The lowest BCUT2D eigenvalue weighted by molar-refractivity contribution is 1.05. The molecule has 1 heterocycles. The summed E-state index contributed by atoms with van der Waals surface area (Å²) in [6.45, 7) is 7.10. The average Bonchev–Trinajstić information content (AvgIpc) is 2.22. The molecule has 1 aromatic rings. The Morgan fingerprint density at radius 1 is 1.23 bits per heavy atom. The molecule has 0 unspecified atom stereocenters. The summed E-state index contributed by atoms with van der Waals surface area (Å²) in [7, 11) is 0. The van der Waals surface area contributed by atoms with Crippen molar-refractivity contribution in [2.45, 2.75) is 20.8 Å². The molecule has 0 saturated heterocycles. The number of benzene rings is 1. The van der Waals surface area contributed by atoms with Crippen LogP contribution in [0.2, 0.25) is 0 Å².